The predicted octanol–water partition coefficient (Wildman–Crippen LogP) is 3.38. The largest absolute Gasteiger partial charge is 0.300 e. The number of benzene rings is 1. The topological polar surface area (TPSA) is 20.3 Å². The third-order valence-electron chi connectivity index (χ3n) is 4.89. The first kappa shape index (κ1) is 12.9. The Hall–Kier alpha value is -1.15. The second-order valence-electron chi connectivity index (χ2n) is 6.17. The SMILES string of the molecule is CC(CCN1C2CCC1CC(=O)C2)c1ccccc1. The smallest absolute Gasteiger partial charge is 0.136 e. The van der Waals surface area contributed by atoms with E-state index in [4.69, 9.17) is 0 Å². The molecule has 19 heavy (non-hydrogen) atoms. The first-order chi connectivity index (χ1) is 9.24. The van der Waals surface area contributed by atoms with Gasteiger partial charge in [-0.1, -0.05) is 37.3 Å². The van der Waals surface area contributed by atoms with Gasteiger partial charge in [0, 0.05) is 24.9 Å². The average molecular weight is 257 g/mol. The van der Waals surface area contributed by atoms with Gasteiger partial charge in [0.1, 0.15) is 5.78 Å². The zero-order chi connectivity index (χ0) is 13.2. The Labute approximate surface area is 115 Å². The van der Waals surface area contributed by atoms with Crippen molar-refractivity contribution in [2.24, 2.45) is 0 Å². The molecule has 3 unspecified atom stereocenters. The molecular weight excluding hydrogens is 234 g/mol. The summed E-state index contributed by atoms with van der Waals surface area (Å²) in [5.41, 5.74) is 1.43. The summed E-state index contributed by atoms with van der Waals surface area (Å²) in [5.74, 6) is 1.10. The van der Waals surface area contributed by atoms with Crippen LogP contribution < -0.4 is 0 Å². The molecule has 102 valence electrons. The van der Waals surface area contributed by atoms with Crippen molar-refractivity contribution < 1.29 is 4.79 Å². The molecule has 2 nitrogen and oxygen atoms in total. The van der Waals surface area contributed by atoms with Crippen LogP contribution in [0.25, 0.3) is 0 Å². The van der Waals surface area contributed by atoms with Gasteiger partial charge in [-0.3, -0.25) is 9.69 Å². The molecule has 0 radical (unpaired) electrons. The fraction of sp³-hybridized carbons (Fsp3) is 0.588. The first-order valence-corrected chi connectivity index (χ1v) is 7.56. The Kier molecular flexibility index (Phi) is 3.69. The number of ketones is 1. The maximum Gasteiger partial charge on any atom is 0.136 e. The van der Waals surface area contributed by atoms with Gasteiger partial charge in [-0.2, -0.15) is 0 Å². The number of rotatable bonds is 4. The summed E-state index contributed by atoms with van der Waals surface area (Å²) in [5, 5.41) is 0. The third kappa shape index (κ3) is 2.74. The highest BCUT2D eigenvalue weighted by Crippen LogP contribution is 2.34. The van der Waals surface area contributed by atoms with Crippen molar-refractivity contribution in [3.05, 3.63) is 35.9 Å². The molecule has 3 atom stereocenters. The Balaban J connectivity index is 1.57. The van der Waals surface area contributed by atoms with E-state index in [1.165, 1.54) is 24.8 Å². The van der Waals surface area contributed by atoms with Crippen LogP contribution in [0.5, 0.6) is 0 Å². The Morgan fingerprint density at radius 1 is 1.16 bits per heavy atom. The van der Waals surface area contributed by atoms with Gasteiger partial charge in [0.2, 0.25) is 0 Å². The van der Waals surface area contributed by atoms with Crippen LogP contribution in [0.2, 0.25) is 0 Å². The number of hydrogen-bond acceptors (Lipinski definition) is 2. The zero-order valence-corrected chi connectivity index (χ0v) is 11.7. The normalized spacial score (nSPS) is 28.6. The first-order valence-electron chi connectivity index (χ1n) is 7.56. The lowest BCUT2D eigenvalue weighted by Crippen LogP contribution is -2.43. The Morgan fingerprint density at radius 3 is 2.42 bits per heavy atom. The van der Waals surface area contributed by atoms with Gasteiger partial charge >= 0.3 is 0 Å². The van der Waals surface area contributed by atoms with Crippen molar-refractivity contribution in [3.8, 4) is 0 Å². The van der Waals surface area contributed by atoms with Gasteiger partial charge in [-0.25, -0.2) is 0 Å². The summed E-state index contributed by atoms with van der Waals surface area (Å²) < 4.78 is 0. The van der Waals surface area contributed by atoms with E-state index < -0.39 is 0 Å². The molecule has 3 rings (SSSR count). The summed E-state index contributed by atoms with van der Waals surface area (Å²) >= 11 is 0. The average Bonchev–Trinajstić information content (AvgIpc) is 2.67. The van der Waals surface area contributed by atoms with Crippen molar-refractivity contribution in [2.45, 2.75) is 57.0 Å². The molecule has 2 heterocycles. The quantitative estimate of drug-likeness (QED) is 0.824. The van der Waals surface area contributed by atoms with Crippen molar-refractivity contribution in [1.29, 1.82) is 0 Å². The number of Topliss-reactive ketones (excluding diaryl/α,β-unsaturated/α-hetero) is 1. The number of carbonyl (C=O) groups is 1. The van der Waals surface area contributed by atoms with Gasteiger partial charge in [-0.15, -0.1) is 0 Å². The molecule has 2 saturated heterocycles. The lowest BCUT2D eigenvalue weighted by Gasteiger charge is -2.34. The lowest BCUT2D eigenvalue weighted by molar-refractivity contribution is -0.123. The maximum absolute atomic E-state index is 11.6. The van der Waals surface area contributed by atoms with Crippen LogP contribution in [-0.4, -0.2) is 29.3 Å². The van der Waals surface area contributed by atoms with Gasteiger partial charge in [0.05, 0.1) is 0 Å². The van der Waals surface area contributed by atoms with Crippen LogP contribution in [0.4, 0.5) is 0 Å². The van der Waals surface area contributed by atoms with E-state index in [1.54, 1.807) is 0 Å². The number of piperidine rings is 1. The van der Waals surface area contributed by atoms with Crippen LogP contribution in [0.15, 0.2) is 30.3 Å². The second-order valence-corrected chi connectivity index (χ2v) is 6.17. The molecule has 0 amide bonds. The van der Waals surface area contributed by atoms with Crippen molar-refractivity contribution in [2.75, 3.05) is 6.54 Å². The fourth-order valence-electron chi connectivity index (χ4n) is 3.72. The predicted molar refractivity (Wildman–Crippen MR) is 77.2 cm³/mol. The van der Waals surface area contributed by atoms with E-state index in [9.17, 15) is 4.79 Å². The molecule has 0 saturated carbocycles. The lowest BCUT2D eigenvalue weighted by atomic mass is 9.95. The summed E-state index contributed by atoms with van der Waals surface area (Å²) in [6.07, 6.45) is 5.27. The molecule has 2 aliphatic heterocycles. The van der Waals surface area contributed by atoms with Gasteiger partial charge in [-0.05, 0) is 37.3 Å². The molecule has 0 N–H and O–H groups in total. The van der Waals surface area contributed by atoms with E-state index in [-0.39, 0.29) is 0 Å². The molecule has 0 aromatic heterocycles. The Morgan fingerprint density at radius 2 is 1.79 bits per heavy atom. The molecule has 0 aliphatic carbocycles. The van der Waals surface area contributed by atoms with Gasteiger partial charge < -0.3 is 0 Å². The standard InChI is InChI=1S/C17H23NO/c1-13(14-5-3-2-4-6-14)9-10-18-15-7-8-16(18)12-17(19)11-15/h2-6,13,15-16H,7-12H2,1H3. The van der Waals surface area contributed by atoms with Crippen LogP contribution in [0, 0.1) is 0 Å². The van der Waals surface area contributed by atoms with Crippen LogP contribution in [0.3, 0.4) is 0 Å². The Bertz CT molecular complexity index is 426. The van der Waals surface area contributed by atoms with Gasteiger partial charge in [0.15, 0.2) is 0 Å². The summed E-state index contributed by atoms with van der Waals surface area (Å²) in [6, 6.07) is 11.9. The van der Waals surface area contributed by atoms with E-state index in [2.05, 4.69) is 42.2 Å². The van der Waals surface area contributed by atoms with Crippen molar-refractivity contribution >= 4 is 5.78 Å². The van der Waals surface area contributed by atoms with E-state index >= 15 is 0 Å². The minimum atomic E-state index is 0.486. The minimum absolute atomic E-state index is 0.486. The molecule has 0 spiro atoms. The summed E-state index contributed by atoms with van der Waals surface area (Å²) in [7, 11) is 0. The fourth-order valence-corrected chi connectivity index (χ4v) is 3.72. The van der Waals surface area contributed by atoms with E-state index in [1.807, 2.05) is 0 Å². The number of nitrogens with zero attached hydrogens (tertiary/aromatic N) is 1. The maximum atomic E-state index is 11.6. The van der Waals surface area contributed by atoms with Gasteiger partial charge in [0.25, 0.3) is 0 Å². The molecular formula is C17H23NO. The van der Waals surface area contributed by atoms with E-state index in [0.717, 1.165) is 19.4 Å². The van der Waals surface area contributed by atoms with Crippen molar-refractivity contribution in [3.63, 3.8) is 0 Å². The molecule has 2 heteroatoms. The zero-order valence-electron chi connectivity index (χ0n) is 11.7. The molecule has 2 bridgehead atoms. The highest BCUT2D eigenvalue weighted by atomic mass is 16.1. The summed E-state index contributed by atoms with van der Waals surface area (Å²) in [6.45, 7) is 3.46. The number of fused-ring (bicyclic) bond motifs is 2. The third-order valence-corrected chi connectivity index (χ3v) is 4.89. The number of carbonyl (C=O) groups excluding carboxylic acids is 1. The highest BCUT2D eigenvalue weighted by Gasteiger charge is 2.39. The van der Waals surface area contributed by atoms with Crippen molar-refractivity contribution in [1.82, 2.24) is 4.90 Å². The molecule has 1 aromatic rings. The molecule has 2 aliphatic rings. The van der Waals surface area contributed by atoms with E-state index in [0.29, 0.717) is 23.8 Å². The highest BCUT2D eigenvalue weighted by molar-refractivity contribution is 5.80. The molecule has 2 fully saturated rings. The number of hydrogen-bond donors (Lipinski definition) is 0. The minimum Gasteiger partial charge on any atom is -0.300 e. The monoisotopic (exact) mass is 257 g/mol. The molecule has 1 aromatic carbocycles. The summed E-state index contributed by atoms with van der Waals surface area (Å²) in [4.78, 5) is 14.2. The van der Waals surface area contributed by atoms with Crippen LogP contribution in [0.1, 0.15) is 50.5 Å². The van der Waals surface area contributed by atoms with Crippen LogP contribution in [-0.2, 0) is 4.79 Å². The van der Waals surface area contributed by atoms with Crippen LogP contribution >= 0.6 is 0 Å². The second kappa shape index (κ2) is 5.46.